The first kappa shape index (κ1) is 15.0. The van der Waals surface area contributed by atoms with Gasteiger partial charge in [0.25, 0.3) is 0 Å². The quantitative estimate of drug-likeness (QED) is 0.727. The van der Waals surface area contributed by atoms with Crippen LogP contribution in [0.5, 0.6) is 0 Å². The van der Waals surface area contributed by atoms with Gasteiger partial charge in [-0.05, 0) is 33.1 Å². The van der Waals surface area contributed by atoms with E-state index in [0.717, 1.165) is 43.6 Å². The Morgan fingerprint density at radius 1 is 1.25 bits per heavy atom. The zero-order valence-electron chi connectivity index (χ0n) is 12.8. The third-order valence-electron chi connectivity index (χ3n) is 3.26. The third-order valence-corrected chi connectivity index (χ3v) is 3.26. The molecule has 0 spiro atoms. The Morgan fingerprint density at radius 2 is 1.95 bits per heavy atom. The SMILES string of the molecule is CCCNc1cc(NCC(C)OCC)nc(C2CC2)n1. The van der Waals surface area contributed by atoms with Gasteiger partial charge in [-0.15, -0.1) is 0 Å². The van der Waals surface area contributed by atoms with E-state index in [2.05, 4.69) is 34.4 Å². The van der Waals surface area contributed by atoms with E-state index in [-0.39, 0.29) is 6.10 Å². The second-order valence-electron chi connectivity index (χ2n) is 5.34. The van der Waals surface area contributed by atoms with Crippen LogP contribution in [0.25, 0.3) is 0 Å². The number of anilines is 2. The summed E-state index contributed by atoms with van der Waals surface area (Å²) in [7, 11) is 0. The van der Waals surface area contributed by atoms with Gasteiger partial charge in [-0.1, -0.05) is 6.92 Å². The predicted molar refractivity (Wildman–Crippen MR) is 82.4 cm³/mol. The molecule has 2 rings (SSSR count). The second-order valence-corrected chi connectivity index (χ2v) is 5.34. The molecule has 1 aromatic rings. The number of hydrogen-bond donors (Lipinski definition) is 2. The van der Waals surface area contributed by atoms with Gasteiger partial charge in [0.05, 0.1) is 6.10 Å². The third kappa shape index (κ3) is 4.63. The molecule has 112 valence electrons. The first-order chi connectivity index (χ1) is 9.72. The van der Waals surface area contributed by atoms with Crippen molar-refractivity contribution in [2.45, 2.75) is 52.1 Å². The van der Waals surface area contributed by atoms with Crippen molar-refractivity contribution in [3.8, 4) is 0 Å². The minimum atomic E-state index is 0.186. The second kappa shape index (κ2) is 7.43. The first-order valence-electron chi connectivity index (χ1n) is 7.71. The lowest BCUT2D eigenvalue weighted by Gasteiger charge is -2.14. The Balaban J connectivity index is 2.00. The minimum Gasteiger partial charge on any atom is -0.377 e. The molecule has 1 unspecified atom stereocenters. The Labute approximate surface area is 121 Å². The topological polar surface area (TPSA) is 59.1 Å². The lowest BCUT2D eigenvalue weighted by atomic mass is 10.3. The normalized spacial score (nSPS) is 15.9. The van der Waals surface area contributed by atoms with Gasteiger partial charge in [0, 0.05) is 31.7 Å². The molecule has 1 fully saturated rings. The fourth-order valence-electron chi connectivity index (χ4n) is 2.02. The van der Waals surface area contributed by atoms with Crippen molar-refractivity contribution in [2.75, 3.05) is 30.3 Å². The van der Waals surface area contributed by atoms with Crippen molar-refractivity contribution in [2.24, 2.45) is 0 Å². The van der Waals surface area contributed by atoms with E-state index >= 15 is 0 Å². The first-order valence-corrected chi connectivity index (χ1v) is 7.71. The van der Waals surface area contributed by atoms with Crippen LogP contribution >= 0.6 is 0 Å². The summed E-state index contributed by atoms with van der Waals surface area (Å²) in [5, 5.41) is 6.70. The highest BCUT2D eigenvalue weighted by atomic mass is 16.5. The van der Waals surface area contributed by atoms with Crippen molar-refractivity contribution >= 4 is 11.6 Å². The van der Waals surface area contributed by atoms with E-state index < -0.39 is 0 Å². The van der Waals surface area contributed by atoms with Crippen LogP contribution in [0, 0.1) is 0 Å². The lowest BCUT2D eigenvalue weighted by molar-refractivity contribution is 0.0855. The predicted octanol–water partition coefficient (Wildman–Crippen LogP) is 3.01. The molecule has 1 atom stereocenters. The van der Waals surface area contributed by atoms with Crippen molar-refractivity contribution in [1.82, 2.24) is 9.97 Å². The highest BCUT2D eigenvalue weighted by molar-refractivity contribution is 5.48. The highest BCUT2D eigenvalue weighted by Crippen LogP contribution is 2.38. The summed E-state index contributed by atoms with van der Waals surface area (Å²) in [5.74, 6) is 3.35. The molecule has 0 bridgehead atoms. The lowest BCUT2D eigenvalue weighted by Crippen LogP contribution is -2.20. The Hall–Kier alpha value is -1.36. The molecule has 1 heterocycles. The number of nitrogens with one attached hydrogen (secondary N) is 2. The van der Waals surface area contributed by atoms with Gasteiger partial charge < -0.3 is 15.4 Å². The van der Waals surface area contributed by atoms with Gasteiger partial charge in [-0.3, -0.25) is 0 Å². The van der Waals surface area contributed by atoms with Crippen LogP contribution in [0.15, 0.2) is 6.07 Å². The Morgan fingerprint density at radius 3 is 2.55 bits per heavy atom. The van der Waals surface area contributed by atoms with Crippen molar-refractivity contribution in [3.05, 3.63) is 11.9 Å². The van der Waals surface area contributed by atoms with Gasteiger partial charge in [-0.2, -0.15) is 0 Å². The standard InChI is InChI=1S/C15H26N4O/c1-4-8-16-13-9-14(17-10-11(3)20-5-2)19-15(18-13)12-6-7-12/h9,11-12H,4-8,10H2,1-3H3,(H2,16,17,18,19). The van der Waals surface area contributed by atoms with Crippen LogP contribution in [0.2, 0.25) is 0 Å². The van der Waals surface area contributed by atoms with Crippen LogP contribution in [-0.4, -0.2) is 35.8 Å². The maximum Gasteiger partial charge on any atom is 0.136 e. The summed E-state index contributed by atoms with van der Waals surface area (Å²) in [5.41, 5.74) is 0. The maximum atomic E-state index is 5.53. The average molecular weight is 278 g/mol. The van der Waals surface area contributed by atoms with Gasteiger partial charge in [-0.25, -0.2) is 9.97 Å². The summed E-state index contributed by atoms with van der Waals surface area (Å²) in [6.07, 6.45) is 3.71. The molecule has 2 N–H and O–H groups in total. The summed E-state index contributed by atoms with van der Waals surface area (Å²) < 4.78 is 5.53. The molecule has 5 nitrogen and oxygen atoms in total. The van der Waals surface area contributed by atoms with E-state index in [1.165, 1.54) is 12.8 Å². The maximum absolute atomic E-state index is 5.53. The average Bonchev–Trinajstić information content (AvgIpc) is 3.28. The van der Waals surface area contributed by atoms with E-state index in [9.17, 15) is 0 Å². The number of rotatable bonds is 9. The molecular formula is C15H26N4O. The van der Waals surface area contributed by atoms with E-state index in [0.29, 0.717) is 5.92 Å². The Kier molecular flexibility index (Phi) is 5.59. The van der Waals surface area contributed by atoms with Gasteiger partial charge in [0.1, 0.15) is 17.5 Å². The van der Waals surface area contributed by atoms with Crippen LogP contribution in [-0.2, 0) is 4.74 Å². The molecule has 0 aromatic carbocycles. The van der Waals surface area contributed by atoms with Gasteiger partial charge >= 0.3 is 0 Å². The zero-order chi connectivity index (χ0) is 14.4. The minimum absolute atomic E-state index is 0.186. The monoisotopic (exact) mass is 278 g/mol. The number of nitrogens with zero attached hydrogens (tertiary/aromatic N) is 2. The van der Waals surface area contributed by atoms with Crippen molar-refractivity contribution in [1.29, 1.82) is 0 Å². The molecule has 1 saturated carbocycles. The molecule has 1 aromatic heterocycles. The fraction of sp³-hybridized carbons (Fsp3) is 0.733. The zero-order valence-corrected chi connectivity index (χ0v) is 12.8. The van der Waals surface area contributed by atoms with E-state index in [1.807, 2.05) is 13.0 Å². The molecule has 0 radical (unpaired) electrons. The van der Waals surface area contributed by atoms with Crippen LogP contribution in [0.4, 0.5) is 11.6 Å². The van der Waals surface area contributed by atoms with Crippen LogP contribution in [0.3, 0.4) is 0 Å². The molecule has 0 saturated heterocycles. The smallest absolute Gasteiger partial charge is 0.136 e. The summed E-state index contributed by atoms with van der Waals surface area (Å²) in [6, 6.07) is 1.99. The number of ether oxygens (including phenoxy) is 1. The molecule has 20 heavy (non-hydrogen) atoms. The van der Waals surface area contributed by atoms with Gasteiger partial charge in [0.15, 0.2) is 0 Å². The molecule has 1 aliphatic rings. The fourth-order valence-corrected chi connectivity index (χ4v) is 2.02. The van der Waals surface area contributed by atoms with Gasteiger partial charge in [0.2, 0.25) is 0 Å². The molecule has 5 heteroatoms. The molecule has 0 amide bonds. The van der Waals surface area contributed by atoms with Crippen molar-refractivity contribution in [3.63, 3.8) is 0 Å². The Bertz CT molecular complexity index is 420. The summed E-state index contributed by atoms with van der Waals surface area (Å²) in [4.78, 5) is 9.22. The molecule has 1 aliphatic carbocycles. The molecular weight excluding hydrogens is 252 g/mol. The number of aromatic nitrogens is 2. The van der Waals surface area contributed by atoms with Crippen LogP contribution < -0.4 is 10.6 Å². The van der Waals surface area contributed by atoms with E-state index in [4.69, 9.17) is 4.74 Å². The summed E-state index contributed by atoms with van der Waals surface area (Å²) in [6.45, 7) is 8.68. The van der Waals surface area contributed by atoms with Crippen molar-refractivity contribution < 1.29 is 4.74 Å². The van der Waals surface area contributed by atoms with Crippen LogP contribution in [0.1, 0.15) is 51.8 Å². The highest BCUT2D eigenvalue weighted by Gasteiger charge is 2.27. The summed E-state index contributed by atoms with van der Waals surface area (Å²) >= 11 is 0. The number of hydrogen-bond acceptors (Lipinski definition) is 5. The largest absolute Gasteiger partial charge is 0.377 e. The molecule has 0 aliphatic heterocycles. The van der Waals surface area contributed by atoms with E-state index in [1.54, 1.807) is 0 Å².